The van der Waals surface area contributed by atoms with Crippen molar-refractivity contribution in [2.24, 2.45) is 0 Å². The number of ether oxygens (including phenoxy) is 2. The molecule has 0 aromatic carbocycles. The fourth-order valence-corrected chi connectivity index (χ4v) is 2.40. The van der Waals surface area contributed by atoms with Gasteiger partial charge < -0.3 is 19.9 Å². The van der Waals surface area contributed by atoms with Gasteiger partial charge in [0.25, 0.3) is 0 Å². The minimum absolute atomic E-state index is 0.0905. The monoisotopic (exact) mass is 231 g/mol. The summed E-state index contributed by atoms with van der Waals surface area (Å²) in [6.45, 7) is 2.02. The van der Waals surface area contributed by atoms with Crippen molar-refractivity contribution in [3.8, 4) is 0 Å². The maximum absolute atomic E-state index is 9.98. The molecule has 1 fully saturated rings. The molecule has 2 N–H and O–H groups in total. The number of aliphatic hydroxyl groups is 1. The van der Waals surface area contributed by atoms with Crippen LogP contribution in [0.5, 0.6) is 0 Å². The van der Waals surface area contributed by atoms with Gasteiger partial charge in [0.15, 0.2) is 6.29 Å². The van der Waals surface area contributed by atoms with Crippen molar-refractivity contribution in [1.29, 1.82) is 0 Å². The Bertz CT molecular complexity index is 185. The first-order valence-electron chi connectivity index (χ1n) is 6.18. The van der Waals surface area contributed by atoms with Gasteiger partial charge in [-0.3, -0.25) is 0 Å². The molecule has 0 heterocycles. The predicted molar refractivity (Wildman–Crippen MR) is 63.3 cm³/mol. The average Bonchev–Trinajstić information content (AvgIpc) is 2.46. The summed E-state index contributed by atoms with van der Waals surface area (Å²) < 4.78 is 10.4. The Morgan fingerprint density at radius 2 is 1.75 bits per heavy atom. The van der Waals surface area contributed by atoms with Gasteiger partial charge in [0.05, 0.1) is 12.1 Å². The predicted octanol–water partition coefficient (Wildman–Crippen LogP) is 1.28. The van der Waals surface area contributed by atoms with Gasteiger partial charge in [-0.15, -0.1) is 0 Å². The van der Waals surface area contributed by atoms with Crippen LogP contribution in [0.2, 0.25) is 0 Å². The van der Waals surface area contributed by atoms with Crippen molar-refractivity contribution < 1.29 is 14.6 Å². The van der Waals surface area contributed by atoms with E-state index in [4.69, 9.17) is 9.47 Å². The van der Waals surface area contributed by atoms with Gasteiger partial charge in [-0.2, -0.15) is 0 Å². The highest BCUT2D eigenvalue weighted by Gasteiger charge is 2.25. The molecule has 16 heavy (non-hydrogen) atoms. The molecule has 1 aliphatic rings. The van der Waals surface area contributed by atoms with E-state index >= 15 is 0 Å². The molecule has 0 bridgehead atoms. The lowest BCUT2D eigenvalue weighted by molar-refractivity contribution is -0.122. The number of rotatable bonds is 5. The molecule has 1 rings (SSSR count). The van der Waals surface area contributed by atoms with Gasteiger partial charge in [-0.25, -0.2) is 0 Å². The highest BCUT2D eigenvalue weighted by molar-refractivity contribution is 4.82. The van der Waals surface area contributed by atoms with Crippen LogP contribution in [-0.2, 0) is 9.47 Å². The van der Waals surface area contributed by atoms with Gasteiger partial charge in [0, 0.05) is 20.3 Å². The summed E-state index contributed by atoms with van der Waals surface area (Å²) in [5, 5.41) is 13.4. The Kier molecular flexibility index (Phi) is 6.28. The highest BCUT2D eigenvalue weighted by atomic mass is 16.7. The van der Waals surface area contributed by atoms with E-state index in [0.29, 0.717) is 0 Å². The molecule has 3 unspecified atom stereocenters. The van der Waals surface area contributed by atoms with Crippen LogP contribution in [-0.4, -0.2) is 43.8 Å². The van der Waals surface area contributed by atoms with Crippen molar-refractivity contribution in [3.63, 3.8) is 0 Å². The van der Waals surface area contributed by atoms with Crippen LogP contribution in [0.4, 0.5) is 0 Å². The number of hydrogen-bond acceptors (Lipinski definition) is 4. The second-order valence-electron chi connectivity index (χ2n) is 4.61. The summed E-state index contributed by atoms with van der Waals surface area (Å²) in [6.07, 6.45) is 4.98. The molecule has 0 saturated heterocycles. The van der Waals surface area contributed by atoms with Crippen molar-refractivity contribution in [1.82, 2.24) is 5.32 Å². The molecule has 0 amide bonds. The third kappa shape index (κ3) is 4.01. The van der Waals surface area contributed by atoms with E-state index in [9.17, 15) is 5.11 Å². The molecule has 3 atom stereocenters. The maximum atomic E-state index is 9.98. The first-order valence-corrected chi connectivity index (χ1v) is 6.18. The van der Waals surface area contributed by atoms with Crippen LogP contribution in [0.1, 0.15) is 39.0 Å². The standard InChI is InChI=1S/C12H25NO3/c1-9(12(15-2)16-3)13-10-7-5-4-6-8-11(10)14/h9-14H,4-8H2,1-3H3. The van der Waals surface area contributed by atoms with E-state index < -0.39 is 0 Å². The first-order chi connectivity index (χ1) is 7.69. The minimum atomic E-state index is -0.254. The van der Waals surface area contributed by atoms with Gasteiger partial charge in [0.1, 0.15) is 0 Å². The quantitative estimate of drug-likeness (QED) is 0.553. The summed E-state index contributed by atoms with van der Waals surface area (Å²) in [5.74, 6) is 0. The zero-order valence-corrected chi connectivity index (χ0v) is 10.6. The Morgan fingerprint density at radius 3 is 2.38 bits per heavy atom. The fraction of sp³-hybridized carbons (Fsp3) is 1.00. The summed E-state index contributed by atoms with van der Waals surface area (Å²) in [6, 6.07) is 0.262. The van der Waals surface area contributed by atoms with E-state index in [1.807, 2.05) is 6.92 Å². The Balaban J connectivity index is 2.43. The van der Waals surface area contributed by atoms with Crippen molar-refractivity contribution in [3.05, 3.63) is 0 Å². The molecule has 0 aromatic heterocycles. The SMILES string of the molecule is COC(OC)C(C)NC1CCCCCC1O. The zero-order valence-electron chi connectivity index (χ0n) is 10.6. The van der Waals surface area contributed by atoms with Crippen molar-refractivity contribution in [2.75, 3.05) is 14.2 Å². The number of hydrogen-bond donors (Lipinski definition) is 2. The molecule has 4 nitrogen and oxygen atoms in total. The van der Waals surface area contributed by atoms with Crippen LogP contribution in [0.3, 0.4) is 0 Å². The summed E-state index contributed by atoms with van der Waals surface area (Å²) in [7, 11) is 3.27. The van der Waals surface area contributed by atoms with Gasteiger partial charge >= 0.3 is 0 Å². The molecule has 96 valence electrons. The van der Waals surface area contributed by atoms with Crippen molar-refractivity contribution in [2.45, 2.75) is 63.5 Å². The Morgan fingerprint density at radius 1 is 1.12 bits per heavy atom. The lowest BCUT2D eigenvalue weighted by Gasteiger charge is -2.29. The first kappa shape index (κ1) is 13.9. The lowest BCUT2D eigenvalue weighted by Crippen LogP contribution is -2.49. The zero-order chi connectivity index (χ0) is 12.0. The average molecular weight is 231 g/mol. The molecule has 1 aliphatic carbocycles. The molecule has 0 radical (unpaired) electrons. The number of aliphatic hydroxyl groups excluding tert-OH is 1. The molecule has 1 saturated carbocycles. The van der Waals surface area contributed by atoms with Crippen LogP contribution in [0, 0.1) is 0 Å². The molecule has 0 aliphatic heterocycles. The maximum Gasteiger partial charge on any atom is 0.171 e. The van der Waals surface area contributed by atoms with Crippen molar-refractivity contribution >= 4 is 0 Å². The highest BCUT2D eigenvalue weighted by Crippen LogP contribution is 2.19. The second-order valence-corrected chi connectivity index (χ2v) is 4.61. The van der Waals surface area contributed by atoms with E-state index in [0.717, 1.165) is 19.3 Å². The second kappa shape index (κ2) is 7.22. The lowest BCUT2D eigenvalue weighted by atomic mass is 10.1. The van der Waals surface area contributed by atoms with E-state index in [-0.39, 0.29) is 24.5 Å². The normalized spacial score (nSPS) is 29.1. The summed E-state index contributed by atoms with van der Waals surface area (Å²) in [4.78, 5) is 0. The van der Waals surface area contributed by atoms with Gasteiger partial charge in [-0.05, 0) is 19.8 Å². The molecule has 0 aromatic rings. The number of methoxy groups -OCH3 is 2. The van der Waals surface area contributed by atoms with Gasteiger partial charge in [0.2, 0.25) is 0 Å². The van der Waals surface area contributed by atoms with Crippen LogP contribution in [0.25, 0.3) is 0 Å². The largest absolute Gasteiger partial charge is 0.392 e. The third-order valence-corrected chi connectivity index (χ3v) is 3.33. The van der Waals surface area contributed by atoms with Crippen LogP contribution >= 0.6 is 0 Å². The van der Waals surface area contributed by atoms with E-state index in [1.54, 1.807) is 14.2 Å². The van der Waals surface area contributed by atoms with E-state index in [2.05, 4.69) is 5.32 Å². The van der Waals surface area contributed by atoms with E-state index in [1.165, 1.54) is 12.8 Å². The third-order valence-electron chi connectivity index (χ3n) is 3.33. The molecule has 0 spiro atoms. The number of nitrogens with one attached hydrogen (secondary N) is 1. The van der Waals surface area contributed by atoms with Gasteiger partial charge in [-0.1, -0.05) is 19.3 Å². The molecular weight excluding hydrogens is 206 g/mol. The minimum Gasteiger partial charge on any atom is -0.392 e. The summed E-state index contributed by atoms with van der Waals surface area (Å²) >= 11 is 0. The van der Waals surface area contributed by atoms with Crippen LogP contribution < -0.4 is 5.32 Å². The summed E-state index contributed by atoms with van der Waals surface area (Å²) in [5.41, 5.74) is 0. The van der Waals surface area contributed by atoms with Crippen LogP contribution in [0.15, 0.2) is 0 Å². The fourth-order valence-electron chi connectivity index (χ4n) is 2.40. The molecular formula is C12H25NO3. The topological polar surface area (TPSA) is 50.7 Å². The smallest absolute Gasteiger partial charge is 0.171 e. The molecule has 4 heteroatoms. The Hall–Kier alpha value is -0.160. The Labute approximate surface area is 98.3 Å².